The van der Waals surface area contributed by atoms with Gasteiger partial charge in [-0.15, -0.1) is 0 Å². The fourth-order valence-electron chi connectivity index (χ4n) is 1.74. The van der Waals surface area contributed by atoms with Crippen molar-refractivity contribution in [2.45, 2.75) is 26.4 Å². The molecule has 84 valence electrons. The van der Waals surface area contributed by atoms with E-state index in [1.807, 2.05) is 37.4 Å². The molecule has 1 N–H and O–H groups in total. The molecule has 0 aliphatic rings. The van der Waals surface area contributed by atoms with Crippen LogP contribution >= 0.6 is 0 Å². The van der Waals surface area contributed by atoms with Crippen molar-refractivity contribution < 1.29 is 5.11 Å². The molecule has 1 aromatic heterocycles. The summed E-state index contributed by atoms with van der Waals surface area (Å²) in [5, 5.41) is 14.4. The van der Waals surface area contributed by atoms with Gasteiger partial charge in [-0.1, -0.05) is 18.2 Å². The van der Waals surface area contributed by atoms with Gasteiger partial charge in [-0.05, 0) is 32.4 Å². The second kappa shape index (κ2) is 3.76. The standard InChI is InChI=1S/C13H16N2O/c1-10-8-14-15(9-10)12-7-5-4-6-11(12)13(2,3)16/h4-9,16H,1-3H3. The average molecular weight is 216 g/mol. The topological polar surface area (TPSA) is 38.0 Å². The SMILES string of the molecule is Cc1cnn(-c2ccccc2C(C)(C)O)c1. The minimum atomic E-state index is -0.865. The van der Waals surface area contributed by atoms with Crippen LogP contribution in [0.3, 0.4) is 0 Å². The Morgan fingerprint density at radius 1 is 1.25 bits per heavy atom. The van der Waals surface area contributed by atoms with Crippen LogP contribution in [0.1, 0.15) is 25.0 Å². The molecule has 1 aromatic carbocycles. The lowest BCUT2D eigenvalue weighted by Crippen LogP contribution is -2.18. The molecule has 0 aliphatic heterocycles. The minimum absolute atomic E-state index is 0.865. The highest BCUT2D eigenvalue weighted by Gasteiger charge is 2.20. The van der Waals surface area contributed by atoms with E-state index < -0.39 is 5.60 Å². The van der Waals surface area contributed by atoms with Crippen molar-refractivity contribution in [1.29, 1.82) is 0 Å². The van der Waals surface area contributed by atoms with Crippen molar-refractivity contribution in [3.05, 3.63) is 47.8 Å². The number of aryl methyl sites for hydroxylation is 1. The zero-order valence-corrected chi connectivity index (χ0v) is 9.81. The number of para-hydroxylation sites is 1. The molecule has 0 aliphatic carbocycles. The van der Waals surface area contributed by atoms with Crippen molar-refractivity contribution in [2.75, 3.05) is 0 Å². The van der Waals surface area contributed by atoms with Crippen LogP contribution in [-0.2, 0) is 5.60 Å². The largest absolute Gasteiger partial charge is 0.386 e. The third-order valence-corrected chi connectivity index (χ3v) is 2.52. The van der Waals surface area contributed by atoms with Crippen LogP contribution in [0.15, 0.2) is 36.7 Å². The highest BCUT2D eigenvalue weighted by Crippen LogP contribution is 2.25. The number of aromatic nitrogens is 2. The molecule has 0 saturated carbocycles. The molecule has 0 radical (unpaired) electrons. The Bertz CT molecular complexity index is 495. The molecule has 2 aromatic rings. The fraction of sp³-hybridized carbons (Fsp3) is 0.308. The highest BCUT2D eigenvalue weighted by molar-refractivity contribution is 5.43. The Morgan fingerprint density at radius 3 is 2.50 bits per heavy atom. The van der Waals surface area contributed by atoms with Crippen LogP contribution in [0, 0.1) is 6.92 Å². The van der Waals surface area contributed by atoms with Crippen LogP contribution in [0.25, 0.3) is 5.69 Å². The van der Waals surface area contributed by atoms with Crippen LogP contribution in [0.4, 0.5) is 0 Å². The smallest absolute Gasteiger partial charge is 0.0861 e. The first kappa shape index (κ1) is 10.9. The zero-order valence-electron chi connectivity index (χ0n) is 9.81. The fourth-order valence-corrected chi connectivity index (χ4v) is 1.74. The predicted octanol–water partition coefficient (Wildman–Crippen LogP) is 2.41. The summed E-state index contributed by atoms with van der Waals surface area (Å²) in [6.07, 6.45) is 3.76. The first-order valence-electron chi connectivity index (χ1n) is 5.32. The van der Waals surface area contributed by atoms with E-state index in [1.165, 1.54) is 0 Å². The number of aliphatic hydroxyl groups is 1. The summed E-state index contributed by atoms with van der Waals surface area (Å²) in [6.45, 7) is 5.56. The zero-order chi connectivity index (χ0) is 11.8. The normalized spacial score (nSPS) is 11.8. The first-order chi connectivity index (χ1) is 7.48. The third kappa shape index (κ3) is 1.99. The molecule has 0 fully saturated rings. The molecule has 0 unspecified atom stereocenters. The Kier molecular flexibility index (Phi) is 2.56. The third-order valence-electron chi connectivity index (χ3n) is 2.52. The summed E-state index contributed by atoms with van der Waals surface area (Å²) < 4.78 is 1.79. The molecule has 0 spiro atoms. The summed E-state index contributed by atoms with van der Waals surface area (Å²) in [6, 6.07) is 7.75. The van der Waals surface area contributed by atoms with E-state index in [0.717, 1.165) is 16.8 Å². The Hall–Kier alpha value is -1.61. The van der Waals surface area contributed by atoms with Gasteiger partial charge in [0, 0.05) is 11.8 Å². The maximum atomic E-state index is 10.1. The summed E-state index contributed by atoms with van der Waals surface area (Å²) in [4.78, 5) is 0. The van der Waals surface area contributed by atoms with Gasteiger partial charge in [-0.25, -0.2) is 4.68 Å². The molecular formula is C13H16N2O. The van der Waals surface area contributed by atoms with Gasteiger partial charge >= 0.3 is 0 Å². The molecule has 0 saturated heterocycles. The molecular weight excluding hydrogens is 200 g/mol. The van der Waals surface area contributed by atoms with Crippen molar-refractivity contribution in [2.24, 2.45) is 0 Å². The summed E-state index contributed by atoms with van der Waals surface area (Å²) >= 11 is 0. The summed E-state index contributed by atoms with van der Waals surface area (Å²) in [7, 11) is 0. The van der Waals surface area contributed by atoms with E-state index in [4.69, 9.17) is 0 Å². The Labute approximate surface area is 95.3 Å². The number of nitrogens with zero attached hydrogens (tertiary/aromatic N) is 2. The van der Waals surface area contributed by atoms with Crippen LogP contribution in [0.2, 0.25) is 0 Å². The number of hydrogen-bond acceptors (Lipinski definition) is 2. The Balaban J connectivity index is 2.57. The maximum absolute atomic E-state index is 10.1. The van der Waals surface area contributed by atoms with Gasteiger partial charge in [-0.3, -0.25) is 0 Å². The van der Waals surface area contributed by atoms with Gasteiger partial charge in [0.05, 0.1) is 17.5 Å². The monoisotopic (exact) mass is 216 g/mol. The van der Waals surface area contributed by atoms with Gasteiger partial charge in [0.1, 0.15) is 0 Å². The molecule has 2 rings (SSSR count). The Morgan fingerprint density at radius 2 is 1.94 bits per heavy atom. The van der Waals surface area contributed by atoms with Crippen LogP contribution in [0.5, 0.6) is 0 Å². The van der Waals surface area contributed by atoms with Gasteiger partial charge in [0.2, 0.25) is 0 Å². The van der Waals surface area contributed by atoms with E-state index in [-0.39, 0.29) is 0 Å². The quantitative estimate of drug-likeness (QED) is 0.837. The summed E-state index contributed by atoms with van der Waals surface area (Å²) in [5.41, 5.74) is 2.03. The van der Waals surface area contributed by atoms with Gasteiger partial charge in [0.25, 0.3) is 0 Å². The van der Waals surface area contributed by atoms with E-state index >= 15 is 0 Å². The van der Waals surface area contributed by atoms with Crippen molar-refractivity contribution in [3.63, 3.8) is 0 Å². The highest BCUT2D eigenvalue weighted by atomic mass is 16.3. The molecule has 16 heavy (non-hydrogen) atoms. The molecule has 3 nitrogen and oxygen atoms in total. The van der Waals surface area contributed by atoms with E-state index in [1.54, 1.807) is 24.7 Å². The lowest BCUT2D eigenvalue weighted by atomic mass is 9.96. The first-order valence-corrected chi connectivity index (χ1v) is 5.32. The number of rotatable bonds is 2. The molecule has 0 atom stereocenters. The number of hydrogen-bond donors (Lipinski definition) is 1. The van der Waals surface area contributed by atoms with Crippen molar-refractivity contribution in [3.8, 4) is 5.69 Å². The second-order valence-corrected chi connectivity index (χ2v) is 4.54. The van der Waals surface area contributed by atoms with E-state index in [2.05, 4.69) is 5.10 Å². The molecule has 1 heterocycles. The van der Waals surface area contributed by atoms with Crippen molar-refractivity contribution in [1.82, 2.24) is 9.78 Å². The van der Waals surface area contributed by atoms with E-state index in [0.29, 0.717) is 0 Å². The van der Waals surface area contributed by atoms with Gasteiger partial charge in [0.15, 0.2) is 0 Å². The lowest BCUT2D eigenvalue weighted by Gasteiger charge is -2.21. The van der Waals surface area contributed by atoms with Crippen LogP contribution < -0.4 is 0 Å². The van der Waals surface area contributed by atoms with Gasteiger partial charge < -0.3 is 5.11 Å². The van der Waals surface area contributed by atoms with Gasteiger partial charge in [-0.2, -0.15) is 5.10 Å². The van der Waals surface area contributed by atoms with E-state index in [9.17, 15) is 5.11 Å². The van der Waals surface area contributed by atoms with Crippen molar-refractivity contribution >= 4 is 0 Å². The maximum Gasteiger partial charge on any atom is 0.0861 e. The van der Waals surface area contributed by atoms with Crippen LogP contribution in [-0.4, -0.2) is 14.9 Å². The summed E-state index contributed by atoms with van der Waals surface area (Å²) in [5.74, 6) is 0. The average Bonchev–Trinajstić information content (AvgIpc) is 2.64. The molecule has 0 amide bonds. The second-order valence-electron chi connectivity index (χ2n) is 4.54. The lowest BCUT2D eigenvalue weighted by molar-refractivity contribution is 0.0784. The number of benzene rings is 1. The molecule has 3 heteroatoms. The predicted molar refractivity (Wildman–Crippen MR) is 63.5 cm³/mol. The minimum Gasteiger partial charge on any atom is -0.386 e. The molecule has 0 bridgehead atoms.